The smallest absolute Gasteiger partial charge is 0.191 e. The fourth-order valence-electron chi connectivity index (χ4n) is 2.60. The number of guanidine groups is 1. The van der Waals surface area contributed by atoms with Gasteiger partial charge in [-0.1, -0.05) is 13.0 Å². The molecular weight excluding hydrogens is 274 g/mol. The molecule has 0 aromatic carbocycles. The summed E-state index contributed by atoms with van der Waals surface area (Å²) in [6, 6.07) is 4.65. The normalized spacial score (nSPS) is 17.0. The van der Waals surface area contributed by atoms with Gasteiger partial charge in [0.25, 0.3) is 0 Å². The van der Waals surface area contributed by atoms with E-state index in [2.05, 4.69) is 58.4 Å². The Morgan fingerprint density at radius 2 is 2.09 bits per heavy atom. The third-order valence-electron chi connectivity index (χ3n) is 4.03. The van der Waals surface area contributed by atoms with E-state index in [1.807, 2.05) is 6.20 Å². The predicted molar refractivity (Wildman–Crippen MR) is 93.3 cm³/mol. The molecule has 2 heterocycles. The molecule has 0 spiro atoms. The van der Waals surface area contributed by atoms with Gasteiger partial charge in [0.05, 0.1) is 0 Å². The van der Waals surface area contributed by atoms with Crippen LogP contribution in [0.15, 0.2) is 23.3 Å². The van der Waals surface area contributed by atoms with Crippen molar-refractivity contribution in [1.29, 1.82) is 0 Å². The van der Waals surface area contributed by atoms with Crippen LogP contribution in [0.4, 0.5) is 5.82 Å². The Hall–Kier alpha value is -1.78. The quantitative estimate of drug-likeness (QED) is 0.662. The zero-order valence-electron chi connectivity index (χ0n) is 14.3. The van der Waals surface area contributed by atoms with E-state index in [-0.39, 0.29) is 0 Å². The van der Waals surface area contributed by atoms with Gasteiger partial charge < -0.3 is 15.5 Å². The van der Waals surface area contributed by atoms with Crippen LogP contribution in [0, 0.1) is 5.92 Å². The molecule has 1 aliphatic rings. The van der Waals surface area contributed by atoms with Gasteiger partial charge in [-0.05, 0) is 44.2 Å². The second-order valence-electron chi connectivity index (χ2n) is 6.42. The molecule has 0 aliphatic carbocycles. The molecule has 1 fully saturated rings. The number of rotatable bonds is 4. The van der Waals surface area contributed by atoms with E-state index in [0.717, 1.165) is 37.3 Å². The zero-order valence-corrected chi connectivity index (χ0v) is 14.3. The Labute approximate surface area is 134 Å². The first-order chi connectivity index (χ1) is 10.6. The van der Waals surface area contributed by atoms with Crippen molar-refractivity contribution < 1.29 is 0 Å². The Bertz CT molecular complexity index is 472. The van der Waals surface area contributed by atoms with E-state index < -0.39 is 0 Å². The van der Waals surface area contributed by atoms with Gasteiger partial charge >= 0.3 is 0 Å². The monoisotopic (exact) mass is 303 g/mol. The largest absolute Gasteiger partial charge is 0.357 e. The lowest BCUT2D eigenvalue weighted by Crippen LogP contribution is -2.40. The molecular formula is C17H29N5. The minimum absolute atomic E-state index is 0.369. The van der Waals surface area contributed by atoms with Crippen LogP contribution >= 0.6 is 0 Å². The van der Waals surface area contributed by atoms with Gasteiger partial charge in [-0.2, -0.15) is 0 Å². The standard InChI is InChI=1S/C17H29N5/c1-13(2)21-17(18-4)20-12-15-5-6-16(19-11-15)22-9-7-14(3)8-10-22/h5-6,11,13-14H,7-10,12H2,1-4H3,(H2,18,20,21). The third kappa shape index (κ3) is 4.90. The van der Waals surface area contributed by atoms with E-state index in [1.165, 1.54) is 18.4 Å². The molecule has 1 aromatic rings. The summed E-state index contributed by atoms with van der Waals surface area (Å²) < 4.78 is 0. The summed E-state index contributed by atoms with van der Waals surface area (Å²) in [5.74, 6) is 2.77. The fraction of sp³-hybridized carbons (Fsp3) is 0.647. The summed E-state index contributed by atoms with van der Waals surface area (Å²) in [7, 11) is 1.79. The van der Waals surface area contributed by atoms with Gasteiger partial charge in [-0.15, -0.1) is 0 Å². The summed E-state index contributed by atoms with van der Waals surface area (Å²) >= 11 is 0. The van der Waals surface area contributed by atoms with Gasteiger partial charge in [-0.3, -0.25) is 4.99 Å². The van der Waals surface area contributed by atoms with Gasteiger partial charge in [0.1, 0.15) is 5.82 Å². The van der Waals surface area contributed by atoms with Crippen molar-refractivity contribution in [2.24, 2.45) is 10.9 Å². The molecule has 0 unspecified atom stereocenters. The Kier molecular flexibility index (Phi) is 6.04. The molecule has 0 atom stereocenters. The summed E-state index contributed by atoms with van der Waals surface area (Å²) in [5.41, 5.74) is 1.17. The van der Waals surface area contributed by atoms with Crippen molar-refractivity contribution in [3.05, 3.63) is 23.9 Å². The van der Waals surface area contributed by atoms with Gasteiger partial charge in [0, 0.05) is 38.9 Å². The maximum atomic E-state index is 4.62. The second kappa shape index (κ2) is 8.01. The number of nitrogens with one attached hydrogen (secondary N) is 2. The molecule has 2 rings (SSSR count). The van der Waals surface area contributed by atoms with E-state index in [1.54, 1.807) is 7.05 Å². The van der Waals surface area contributed by atoms with Crippen LogP contribution < -0.4 is 15.5 Å². The van der Waals surface area contributed by atoms with E-state index in [0.29, 0.717) is 6.04 Å². The molecule has 0 amide bonds. The number of nitrogens with zero attached hydrogens (tertiary/aromatic N) is 3. The molecule has 5 nitrogen and oxygen atoms in total. The van der Waals surface area contributed by atoms with Crippen LogP contribution in [0.2, 0.25) is 0 Å². The number of piperidine rings is 1. The third-order valence-corrected chi connectivity index (χ3v) is 4.03. The molecule has 2 N–H and O–H groups in total. The molecule has 0 radical (unpaired) electrons. The summed E-state index contributed by atoms with van der Waals surface area (Å²) in [4.78, 5) is 11.2. The SMILES string of the molecule is CN=C(NCc1ccc(N2CCC(C)CC2)nc1)NC(C)C. The minimum atomic E-state index is 0.369. The number of pyridine rings is 1. The number of aromatic nitrogens is 1. The topological polar surface area (TPSA) is 52.6 Å². The van der Waals surface area contributed by atoms with Crippen molar-refractivity contribution >= 4 is 11.8 Å². The van der Waals surface area contributed by atoms with Crippen LogP contribution in [-0.2, 0) is 6.54 Å². The first-order valence-corrected chi connectivity index (χ1v) is 8.25. The van der Waals surface area contributed by atoms with Gasteiger partial charge in [0.15, 0.2) is 5.96 Å². The summed E-state index contributed by atoms with van der Waals surface area (Å²) in [6.45, 7) is 9.51. The molecule has 1 saturated heterocycles. The predicted octanol–water partition coefficient (Wildman–Crippen LogP) is 2.39. The van der Waals surface area contributed by atoms with Crippen molar-refractivity contribution in [3.8, 4) is 0 Å². The minimum Gasteiger partial charge on any atom is -0.357 e. The first-order valence-electron chi connectivity index (χ1n) is 8.25. The van der Waals surface area contributed by atoms with E-state index >= 15 is 0 Å². The number of hydrogen-bond donors (Lipinski definition) is 2. The molecule has 1 aliphatic heterocycles. The highest BCUT2D eigenvalue weighted by Crippen LogP contribution is 2.21. The molecule has 22 heavy (non-hydrogen) atoms. The number of anilines is 1. The molecule has 122 valence electrons. The average molecular weight is 303 g/mol. The van der Waals surface area contributed by atoms with E-state index in [4.69, 9.17) is 0 Å². The Morgan fingerprint density at radius 1 is 1.36 bits per heavy atom. The summed E-state index contributed by atoms with van der Waals surface area (Å²) in [6.07, 6.45) is 4.49. The maximum absolute atomic E-state index is 4.62. The summed E-state index contributed by atoms with van der Waals surface area (Å²) in [5, 5.41) is 6.58. The van der Waals surface area contributed by atoms with Gasteiger partial charge in [-0.25, -0.2) is 4.98 Å². The van der Waals surface area contributed by atoms with Crippen molar-refractivity contribution in [2.45, 2.75) is 46.2 Å². The Morgan fingerprint density at radius 3 is 2.64 bits per heavy atom. The van der Waals surface area contributed by atoms with Gasteiger partial charge in [0.2, 0.25) is 0 Å². The highest BCUT2D eigenvalue weighted by molar-refractivity contribution is 5.79. The lowest BCUT2D eigenvalue weighted by atomic mass is 9.99. The van der Waals surface area contributed by atoms with Crippen LogP contribution in [0.25, 0.3) is 0 Å². The molecule has 0 saturated carbocycles. The average Bonchev–Trinajstić information content (AvgIpc) is 2.52. The zero-order chi connectivity index (χ0) is 15.9. The first kappa shape index (κ1) is 16.6. The molecule has 0 bridgehead atoms. The number of hydrogen-bond acceptors (Lipinski definition) is 3. The lowest BCUT2D eigenvalue weighted by molar-refractivity contribution is 0.436. The van der Waals surface area contributed by atoms with Crippen LogP contribution in [0.3, 0.4) is 0 Å². The Balaban J connectivity index is 1.86. The fourth-order valence-corrected chi connectivity index (χ4v) is 2.60. The van der Waals surface area contributed by atoms with Crippen molar-refractivity contribution in [1.82, 2.24) is 15.6 Å². The highest BCUT2D eigenvalue weighted by Gasteiger charge is 2.16. The van der Waals surface area contributed by atoms with Crippen molar-refractivity contribution in [3.63, 3.8) is 0 Å². The number of aliphatic imine (C=N–C) groups is 1. The van der Waals surface area contributed by atoms with E-state index in [9.17, 15) is 0 Å². The molecule has 5 heteroatoms. The van der Waals surface area contributed by atoms with Crippen molar-refractivity contribution in [2.75, 3.05) is 25.0 Å². The molecule has 1 aromatic heterocycles. The maximum Gasteiger partial charge on any atom is 0.191 e. The lowest BCUT2D eigenvalue weighted by Gasteiger charge is -2.31. The second-order valence-corrected chi connectivity index (χ2v) is 6.42. The van der Waals surface area contributed by atoms with Crippen LogP contribution in [0.5, 0.6) is 0 Å². The van der Waals surface area contributed by atoms with Crippen LogP contribution in [-0.4, -0.2) is 37.1 Å². The highest BCUT2D eigenvalue weighted by atomic mass is 15.2. The van der Waals surface area contributed by atoms with Crippen LogP contribution in [0.1, 0.15) is 39.2 Å².